The van der Waals surface area contributed by atoms with Crippen molar-refractivity contribution in [1.82, 2.24) is 4.98 Å². The van der Waals surface area contributed by atoms with Crippen molar-refractivity contribution in [3.05, 3.63) is 29.3 Å². The molecule has 0 aliphatic carbocycles. The molecule has 2 heterocycles. The Balaban J connectivity index is 1.78. The van der Waals surface area contributed by atoms with Crippen LogP contribution in [0.1, 0.15) is 5.01 Å². The van der Waals surface area contributed by atoms with E-state index < -0.39 is 0 Å². The number of nitrogens with one attached hydrogen (secondary N) is 1. The van der Waals surface area contributed by atoms with E-state index in [9.17, 15) is 0 Å². The zero-order valence-corrected chi connectivity index (χ0v) is 10.1. The van der Waals surface area contributed by atoms with Crippen LogP contribution in [0.3, 0.4) is 0 Å². The molecule has 16 heavy (non-hydrogen) atoms. The van der Waals surface area contributed by atoms with Gasteiger partial charge >= 0.3 is 0 Å². The van der Waals surface area contributed by atoms with Crippen molar-refractivity contribution < 1.29 is 10.2 Å². The highest BCUT2D eigenvalue weighted by atomic mass is 32.1. The number of rotatable bonds is 2. The molecule has 1 saturated heterocycles. The molecule has 2 aromatic rings. The minimum absolute atomic E-state index is 1.10. The third kappa shape index (κ3) is 2.09. The highest BCUT2D eigenvalue weighted by Crippen LogP contribution is 2.20. The molecule has 0 saturated carbocycles. The van der Waals surface area contributed by atoms with E-state index in [4.69, 9.17) is 4.98 Å². The second kappa shape index (κ2) is 4.49. The smallest absolute Gasteiger partial charge is 0.148 e. The normalized spacial score (nSPS) is 18.0. The lowest BCUT2D eigenvalue weighted by molar-refractivity contribution is -0.957. The molecule has 84 valence electrons. The number of hydrogen-bond donors (Lipinski definition) is 2. The van der Waals surface area contributed by atoms with Crippen molar-refractivity contribution in [3.63, 3.8) is 0 Å². The zero-order valence-electron chi connectivity index (χ0n) is 9.28. The molecule has 1 aliphatic rings. The molecule has 1 fully saturated rings. The Labute approximate surface area is 99.1 Å². The number of para-hydroxylation sites is 1. The van der Waals surface area contributed by atoms with Gasteiger partial charge in [-0.15, -0.1) is 11.3 Å². The topological polar surface area (TPSA) is 33.9 Å². The Bertz CT molecular complexity index is 441. The molecule has 3 N–H and O–H groups in total. The summed E-state index contributed by atoms with van der Waals surface area (Å²) >= 11 is 1.85. The fraction of sp³-hybridized carbons (Fsp3) is 0.417. The first-order valence-corrected chi connectivity index (χ1v) is 6.73. The SMILES string of the molecule is c1ccc2sc(C[NH+]3CC[NH2+]CC3)nc2c1. The summed E-state index contributed by atoms with van der Waals surface area (Å²) in [5, 5.41) is 3.69. The van der Waals surface area contributed by atoms with E-state index in [-0.39, 0.29) is 0 Å². The van der Waals surface area contributed by atoms with Crippen molar-refractivity contribution in [2.24, 2.45) is 0 Å². The van der Waals surface area contributed by atoms with Crippen LogP contribution < -0.4 is 10.2 Å². The minimum atomic E-state index is 1.10. The average molecular weight is 235 g/mol. The van der Waals surface area contributed by atoms with Crippen molar-refractivity contribution in [1.29, 1.82) is 0 Å². The second-order valence-electron chi connectivity index (χ2n) is 4.37. The number of nitrogens with zero attached hydrogens (tertiary/aromatic N) is 1. The Kier molecular flexibility index (Phi) is 2.86. The number of benzene rings is 1. The molecule has 3 rings (SSSR count). The maximum absolute atomic E-state index is 4.69. The Morgan fingerprint density at radius 3 is 2.88 bits per heavy atom. The number of quaternary nitrogens is 2. The molecule has 0 radical (unpaired) electrons. The van der Waals surface area contributed by atoms with Gasteiger partial charge < -0.3 is 10.2 Å². The predicted molar refractivity (Wildman–Crippen MR) is 65.7 cm³/mol. The van der Waals surface area contributed by atoms with E-state index in [0.717, 1.165) is 12.1 Å². The molecule has 0 amide bonds. The number of fused-ring (bicyclic) bond motifs is 1. The van der Waals surface area contributed by atoms with Gasteiger partial charge in [0.25, 0.3) is 0 Å². The fourth-order valence-corrected chi connectivity index (χ4v) is 3.31. The molecule has 0 bridgehead atoms. The lowest BCUT2D eigenvalue weighted by Crippen LogP contribution is -3.19. The van der Waals surface area contributed by atoms with Crippen molar-refractivity contribution >= 4 is 21.6 Å². The first kappa shape index (κ1) is 10.2. The monoisotopic (exact) mass is 235 g/mol. The molecule has 3 nitrogen and oxygen atoms in total. The van der Waals surface area contributed by atoms with Crippen LogP contribution in [0.4, 0.5) is 0 Å². The summed E-state index contributed by atoms with van der Waals surface area (Å²) in [4.78, 5) is 6.38. The summed E-state index contributed by atoms with van der Waals surface area (Å²) in [7, 11) is 0. The lowest BCUT2D eigenvalue weighted by atomic mass is 10.3. The van der Waals surface area contributed by atoms with Crippen LogP contribution in [0.2, 0.25) is 0 Å². The molecule has 4 heteroatoms. The van der Waals surface area contributed by atoms with Gasteiger partial charge in [0, 0.05) is 0 Å². The summed E-state index contributed by atoms with van der Waals surface area (Å²) in [6.45, 7) is 6.18. The van der Waals surface area contributed by atoms with Gasteiger partial charge in [-0.1, -0.05) is 12.1 Å². The van der Waals surface area contributed by atoms with Crippen LogP contribution in [-0.2, 0) is 6.54 Å². The molecule has 0 unspecified atom stereocenters. The molecular formula is C12H17N3S+2. The fourth-order valence-electron chi connectivity index (χ4n) is 2.27. The zero-order chi connectivity index (χ0) is 10.8. The summed E-state index contributed by atoms with van der Waals surface area (Å²) in [5.74, 6) is 0. The second-order valence-corrected chi connectivity index (χ2v) is 5.48. The number of thiazole rings is 1. The van der Waals surface area contributed by atoms with E-state index in [2.05, 4.69) is 29.6 Å². The van der Waals surface area contributed by atoms with Gasteiger partial charge in [-0.3, -0.25) is 0 Å². The summed E-state index contributed by atoms with van der Waals surface area (Å²) in [6.07, 6.45) is 0. The van der Waals surface area contributed by atoms with E-state index in [1.807, 2.05) is 11.3 Å². The third-order valence-corrected chi connectivity index (χ3v) is 4.18. The number of nitrogens with two attached hydrogens (primary N) is 1. The highest BCUT2D eigenvalue weighted by molar-refractivity contribution is 7.18. The van der Waals surface area contributed by atoms with E-state index in [0.29, 0.717) is 0 Å². The first-order valence-electron chi connectivity index (χ1n) is 5.91. The summed E-state index contributed by atoms with van der Waals surface area (Å²) < 4.78 is 1.32. The van der Waals surface area contributed by atoms with Crippen LogP contribution in [0, 0.1) is 0 Å². The van der Waals surface area contributed by atoms with Crippen LogP contribution in [0.15, 0.2) is 24.3 Å². The standard InChI is InChI=1S/C12H15N3S/c1-2-4-11-10(3-1)14-12(16-11)9-15-7-5-13-6-8-15/h1-4,13H,5-9H2/p+2. The van der Waals surface area contributed by atoms with Crippen molar-refractivity contribution in [2.75, 3.05) is 26.2 Å². The molecular weight excluding hydrogens is 218 g/mol. The lowest BCUT2D eigenvalue weighted by Gasteiger charge is -2.20. The van der Waals surface area contributed by atoms with Gasteiger partial charge in [0.05, 0.1) is 10.2 Å². The molecule has 1 aromatic heterocycles. The maximum Gasteiger partial charge on any atom is 0.148 e. The minimum Gasteiger partial charge on any atom is -0.337 e. The van der Waals surface area contributed by atoms with Crippen molar-refractivity contribution in [3.8, 4) is 0 Å². The largest absolute Gasteiger partial charge is 0.337 e. The van der Waals surface area contributed by atoms with Gasteiger partial charge in [0.2, 0.25) is 0 Å². The third-order valence-electron chi connectivity index (χ3n) is 3.14. The highest BCUT2D eigenvalue weighted by Gasteiger charge is 2.17. The van der Waals surface area contributed by atoms with Crippen LogP contribution in [-0.4, -0.2) is 31.2 Å². The van der Waals surface area contributed by atoms with Crippen LogP contribution in [0.5, 0.6) is 0 Å². The first-order chi connectivity index (χ1) is 7.92. The van der Waals surface area contributed by atoms with Gasteiger partial charge in [-0.25, -0.2) is 4.98 Å². The predicted octanol–water partition coefficient (Wildman–Crippen LogP) is -0.742. The summed E-state index contributed by atoms with van der Waals surface area (Å²) in [6, 6.07) is 8.42. The van der Waals surface area contributed by atoms with Crippen molar-refractivity contribution in [2.45, 2.75) is 6.54 Å². The molecule has 1 aliphatic heterocycles. The summed E-state index contributed by atoms with van der Waals surface area (Å²) in [5.41, 5.74) is 1.16. The Morgan fingerprint density at radius 1 is 1.25 bits per heavy atom. The maximum atomic E-state index is 4.69. The quantitative estimate of drug-likeness (QED) is 0.706. The number of hydrogen-bond acceptors (Lipinski definition) is 2. The van der Waals surface area contributed by atoms with Gasteiger partial charge in [0.15, 0.2) is 0 Å². The van der Waals surface area contributed by atoms with Crippen LogP contribution >= 0.6 is 11.3 Å². The van der Waals surface area contributed by atoms with Gasteiger partial charge in [-0.2, -0.15) is 0 Å². The van der Waals surface area contributed by atoms with E-state index >= 15 is 0 Å². The Hall–Kier alpha value is -0.970. The van der Waals surface area contributed by atoms with E-state index in [1.54, 1.807) is 4.90 Å². The van der Waals surface area contributed by atoms with Gasteiger partial charge in [0.1, 0.15) is 37.7 Å². The Morgan fingerprint density at radius 2 is 2.06 bits per heavy atom. The molecule has 0 spiro atoms. The number of aromatic nitrogens is 1. The number of piperazine rings is 1. The van der Waals surface area contributed by atoms with Gasteiger partial charge in [-0.05, 0) is 12.1 Å². The van der Waals surface area contributed by atoms with E-state index in [1.165, 1.54) is 35.9 Å². The van der Waals surface area contributed by atoms with Crippen LogP contribution in [0.25, 0.3) is 10.2 Å². The molecule has 1 aromatic carbocycles. The average Bonchev–Trinajstić information content (AvgIpc) is 2.72. The molecule has 0 atom stereocenters.